The monoisotopic (exact) mass is 426 g/mol. The number of fused-ring (bicyclic) bond motifs is 2. The molecular weight excluding hydrogens is 392 g/mol. The predicted octanol–water partition coefficient (Wildman–Crippen LogP) is 5.91. The third-order valence-electron chi connectivity index (χ3n) is 7.34. The van der Waals surface area contributed by atoms with Gasteiger partial charge in [0, 0.05) is 32.1 Å². The van der Waals surface area contributed by atoms with Crippen LogP contribution in [-0.2, 0) is 4.79 Å². The molecule has 3 nitrogen and oxygen atoms in total. The molecule has 1 amide bonds. The molecule has 2 aliphatic carbocycles. The van der Waals surface area contributed by atoms with E-state index in [1.165, 1.54) is 47.1 Å². The molecule has 1 N–H and O–H groups in total. The summed E-state index contributed by atoms with van der Waals surface area (Å²) >= 11 is 0. The number of benzene rings is 2. The summed E-state index contributed by atoms with van der Waals surface area (Å²) in [7, 11) is 0. The van der Waals surface area contributed by atoms with Crippen LogP contribution < -0.4 is 5.32 Å². The number of hydrogen-bond donors (Lipinski definition) is 1. The number of rotatable bonds is 4. The normalized spacial score (nSPS) is 19.2. The standard InChI is InChI=1S/C29H34N2O/c32-28(30-25-10-2-1-3-11-25)18-21-31-19-16-24(17-20-31)29-26-12-6-4-8-22(26)14-15-23-9-5-7-13-27(23)29/h4-9,12-15,25H,1-3,10-11,16-21H2,(H,30,32). The van der Waals surface area contributed by atoms with Crippen molar-refractivity contribution in [3.8, 4) is 0 Å². The minimum atomic E-state index is 0.235. The topological polar surface area (TPSA) is 32.3 Å². The van der Waals surface area contributed by atoms with Gasteiger partial charge in [0.25, 0.3) is 0 Å². The smallest absolute Gasteiger partial charge is 0.221 e. The summed E-state index contributed by atoms with van der Waals surface area (Å²) in [5.74, 6) is 0.235. The number of piperidine rings is 1. The van der Waals surface area contributed by atoms with E-state index >= 15 is 0 Å². The highest BCUT2D eigenvalue weighted by Crippen LogP contribution is 2.38. The summed E-state index contributed by atoms with van der Waals surface area (Å²) in [6.07, 6.45) is 13.4. The van der Waals surface area contributed by atoms with Gasteiger partial charge in [-0.05, 0) is 53.5 Å². The van der Waals surface area contributed by atoms with Crippen LogP contribution in [0.4, 0.5) is 0 Å². The molecule has 2 aromatic rings. The second-order valence-electron chi connectivity index (χ2n) is 9.48. The average molecular weight is 427 g/mol. The Hall–Kier alpha value is -2.65. The van der Waals surface area contributed by atoms with Gasteiger partial charge in [0.15, 0.2) is 0 Å². The van der Waals surface area contributed by atoms with Crippen LogP contribution in [0.1, 0.15) is 73.6 Å². The van der Waals surface area contributed by atoms with Crippen molar-refractivity contribution in [2.24, 2.45) is 0 Å². The lowest BCUT2D eigenvalue weighted by atomic mass is 9.86. The van der Waals surface area contributed by atoms with E-state index in [9.17, 15) is 4.79 Å². The molecule has 1 heterocycles. The zero-order valence-electron chi connectivity index (χ0n) is 19.0. The van der Waals surface area contributed by atoms with Crippen molar-refractivity contribution in [1.82, 2.24) is 10.2 Å². The number of nitrogens with zero attached hydrogens (tertiary/aromatic N) is 1. The predicted molar refractivity (Wildman–Crippen MR) is 133 cm³/mol. The largest absolute Gasteiger partial charge is 0.353 e. The maximum atomic E-state index is 12.4. The number of carbonyl (C=O) groups excluding carboxylic acids is 1. The van der Waals surface area contributed by atoms with E-state index in [1.807, 2.05) is 0 Å². The van der Waals surface area contributed by atoms with E-state index in [-0.39, 0.29) is 5.91 Å². The Morgan fingerprint density at radius 1 is 0.844 bits per heavy atom. The first-order valence-electron chi connectivity index (χ1n) is 12.4. The highest BCUT2D eigenvalue weighted by Gasteiger charge is 2.23. The second kappa shape index (κ2) is 9.87. The van der Waals surface area contributed by atoms with Crippen LogP contribution in [0, 0.1) is 0 Å². The molecule has 0 aromatic heterocycles. The molecule has 0 radical (unpaired) electrons. The Bertz CT molecular complexity index is 967. The van der Waals surface area contributed by atoms with Gasteiger partial charge in [-0.3, -0.25) is 4.79 Å². The van der Waals surface area contributed by atoms with E-state index in [2.05, 4.69) is 70.9 Å². The molecule has 3 aliphatic rings. The lowest BCUT2D eigenvalue weighted by Gasteiger charge is -2.30. The molecule has 3 heteroatoms. The molecule has 0 bridgehead atoms. The number of hydrogen-bond acceptors (Lipinski definition) is 2. The van der Waals surface area contributed by atoms with Gasteiger partial charge < -0.3 is 10.2 Å². The van der Waals surface area contributed by atoms with Crippen LogP contribution in [0.3, 0.4) is 0 Å². The van der Waals surface area contributed by atoms with Crippen molar-refractivity contribution in [3.05, 3.63) is 76.4 Å². The van der Waals surface area contributed by atoms with Crippen molar-refractivity contribution in [2.45, 2.75) is 57.4 Å². The summed E-state index contributed by atoms with van der Waals surface area (Å²) < 4.78 is 0. The zero-order valence-corrected chi connectivity index (χ0v) is 19.0. The second-order valence-corrected chi connectivity index (χ2v) is 9.48. The molecular formula is C29H34N2O. The Morgan fingerprint density at radius 3 is 2.06 bits per heavy atom. The summed E-state index contributed by atoms with van der Waals surface area (Å²) in [6.45, 7) is 2.94. The Kier molecular flexibility index (Phi) is 6.54. The molecule has 1 aliphatic heterocycles. The van der Waals surface area contributed by atoms with Crippen LogP contribution in [0.15, 0.2) is 54.1 Å². The quantitative estimate of drug-likeness (QED) is 0.563. The fourth-order valence-corrected chi connectivity index (χ4v) is 5.55. The van der Waals surface area contributed by atoms with Crippen molar-refractivity contribution < 1.29 is 4.79 Å². The average Bonchev–Trinajstić information content (AvgIpc) is 3.01. The van der Waals surface area contributed by atoms with Crippen LogP contribution in [0.5, 0.6) is 0 Å². The fourth-order valence-electron chi connectivity index (χ4n) is 5.55. The van der Waals surface area contributed by atoms with E-state index in [1.54, 1.807) is 5.57 Å². The van der Waals surface area contributed by atoms with Crippen LogP contribution >= 0.6 is 0 Å². The Labute approximate surface area is 192 Å². The van der Waals surface area contributed by atoms with Gasteiger partial charge >= 0.3 is 0 Å². The van der Waals surface area contributed by atoms with Gasteiger partial charge in [0.05, 0.1) is 0 Å². The lowest BCUT2D eigenvalue weighted by Crippen LogP contribution is -2.39. The van der Waals surface area contributed by atoms with Gasteiger partial charge in [-0.15, -0.1) is 0 Å². The number of carbonyl (C=O) groups is 1. The van der Waals surface area contributed by atoms with Crippen LogP contribution in [0.2, 0.25) is 0 Å². The molecule has 2 aromatic carbocycles. The van der Waals surface area contributed by atoms with Crippen LogP contribution in [0.25, 0.3) is 17.7 Å². The van der Waals surface area contributed by atoms with Gasteiger partial charge in [-0.25, -0.2) is 0 Å². The molecule has 2 fully saturated rings. The Morgan fingerprint density at radius 2 is 1.44 bits per heavy atom. The number of amides is 1. The van der Waals surface area contributed by atoms with Crippen molar-refractivity contribution >= 4 is 23.6 Å². The van der Waals surface area contributed by atoms with Crippen molar-refractivity contribution in [1.29, 1.82) is 0 Å². The van der Waals surface area contributed by atoms with E-state index in [0.717, 1.165) is 45.3 Å². The van der Waals surface area contributed by atoms with E-state index in [4.69, 9.17) is 0 Å². The summed E-state index contributed by atoms with van der Waals surface area (Å²) in [6, 6.07) is 18.0. The molecule has 1 saturated carbocycles. The molecule has 5 rings (SSSR count). The van der Waals surface area contributed by atoms with Crippen molar-refractivity contribution in [2.75, 3.05) is 19.6 Å². The maximum Gasteiger partial charge on any atom is 0.221 e. The minimum absolute atomic E-state index is 0.235. The molecule has 166 valence electrons. The number of likely N-dealkylation sites (tertiary alicyclic amines) is 1. The van der Waals surface area contributed by atoms with Gasteiger partial charge in [-0.1, -0.05) is 85.5 Å². The highest BCUT2D eigenvalue weighted by atomic mass is 16.1. The van der Waals surface area contributed by atoms with E-state index < -0.39 is 0 Å². The maximum absolute atomic E-state index is 12.4. The summed E-state index contributed by atoms with van der Waals surface area (Å²) in [5.41, 5.74) is 8.28. The zero-order chi connectivity index (χ0) is 21.8. The fraction of sp³-hybridized carbons (Fsp3) is 0.414. The first-order chi connectivity index (χ1) is 15.8. The third kappa shape index (κ3) is 4.73. The SMILES string of the molecule is O=C(CCN1CCC(=C2c3ccccc3C=Cc3ccccc32)CC1)NC1CCCCC1. The number of nitrogens with one attached hydrogen (secondary N) is 1. The van der Waals surface area contributed by atoms with Gasteiger partial charge in [0.1, 0.15) is 0 Å². The molecule has 32 heavy (non-hydrogen) atoms. The van der Waals surface area contributed by atoms with Gasteiger partial charge in [-0.2, -0.15) is 0 Å². The highest BCUT2D eigenvalue weighted by molar-refractivity contribution is 5.94. The molecule has 0 spiro atoms. The lowest BCUT2D eigenvalue weighted by molar-refractivity contribution is -0.122. The van der Waals surface area contributed by atoms with Gasteiger partial charge in [0.2, 0.25) is 5.91 Å². The minimum Gasteiger partial charge on any atom is -0.353 e. The molecule has 1 saturated heterocycles. The third-order valence-corrected chi connectivity index (χ3v) is 7.34. The van der Waals surface area contributed by atoms with Crippen LogP contribution in [-0.4, -0.2) is 36.5 Å². The summed E-state index contributed by atoms with van der Waals surface area (Å²) in [5, 5.41) is 3.27. The van der Waals surface area contributed by atoms with E-state index in [0.29, 0.717) is 12.5 Å². The van der Waals surface area contributed by atoms with Crippen molar-refractivity contribution in [3.63, 3.8) is 0 Å². The summed E-state index contributed by atoms with van der Waals surface area (Å²) in [4.78, 5) is 14.9. The first-order valence-corrected chi connectivity index (χ1v) is 12.4. The first kappa shape index (κ1) is 21.2. The molecule has 0 atom stereocenters. The Balaban J connectivity index is 1.27. The molecule has 0 unspecified atom stereocenters.